The molecule has 0 aliphatic carbocycles. The summed E-state index contributed by atoms with van der Waals surface area (Å²) in [5, 5.41) is 6.49. The van der Waals surface area contributed by atoms with Crippen molar-refractivity contribution in [3.63, 3.8) is 0 Å². The van der Waals surface area contributed by atoms with Crippen LogP contribution in [0.4, 0.5) is 10.1 Å². The SMILES string of the molecule is CC1CC(C)(C)NC(=S)N1CC(=O)Nc1cccc(F)c1. The third-order valence-electron chi connectivity index (χ3n) is 3.47. The lowest BCUT2D eigenvalue weighted by atomic mass is 9.93. The average molecular weight is 309 g/mol. The van der Waals surface area contributed by atoms with Gasteiger partial charge in [-0.15, -0.1) is 0 Å². The highest BCUT2D eigenvalue weighted by Crippen LogP contribution is 2.22. The van der Waals surface area contributed by atoms with E-state index in [1.165, 1.54) is 12.1 Å². The van der Waals surface area contributed by atoms with E-state index in [-0.39, 0.29) is 29.8 Å². The Bertz CT molecular complexity index is 562. The van der Waals surface area contributed by atoms with E-state index in [0.29, 0.717) is 10.8 Å². The van der Waals surface area contributed by atoms with Gasteiger partial charge in [0.05, 0.1) is 6.54 Å². The molecule has 0 spiro atoms. The molecule has 1 aliphatic heterocycles. The molecule has 1 heterocycles. The first-order valence-corrected chi connectivity index (χ1v) is 7.32. The van der Waals surface area contributed by atoms with Gasteiger partial charge in [-0.1, -0.05) is 6.07 Å². The monoisotopic (exact) mass is 309 g/mol. The second-order valence-electron chi connectivity index (χ2n) is 6.05. The van der Waals surface area contributed by atoms with Crippen LogP contribution in [0.3, 0.4) is 0 Å². The van der Waals surface area contributed by atoms with E-state index in [1.807, 2.05) is 11.8 Å². The normalized spacial score (nSPS) is 20.9. The average Bonchev–Trinajstić information content (AvgIpc) is 2.32. The second-order valence-corrected chi connectivity index (χ2v) is 6.44. The number of anilines is 1. The van der Waals surface area contributed by atoms with Gasteiger partial charge in [0, 0.05) is 17.3 Å². The molecule has 114 valence electrons. The number of thiocarbonyl (C=S) groups is 1. The molecule has 4 nitrogen and oxygen atoms in total. The molecule has 1 aliphatic rings. The number of benzene rings is 1. The van der Waals surface area contributed by atoms with Gasteiger partial charge in [-0.2, -0.15) is 0 Å². The number of carbonyl (C=O) groups excluding carboxylic acids is 1. The van der Waals surface area contributed by atoms with Crippen molar-refractivity contribution in [2.75, 3.05) is 11.9 Å². The van der Waals surface area contributed by atoms with Gasteiger partial charge in [0.15, 0.2) is 5.11 Å². The van der Waals surface area contributed by atoms with E-state index in [9.17, 15) is 9.18 Å². The summed E-state index contributed by atoms with van der Waals surface area (Å²) in [7, 11) is 0. The van der Waals surface area contributed by atoms with Crippen LogP contribution in [-0.4, -0.2) is 34.0 Å². The molecule has 0 bridgehead atoms. The molecule has 1 aromatic carbocycles. The molecule has 1 atom stereocenters. The Labute approximate surface area is 129 Å². The quantitative estimate of drug-likeness (QED) is 0.842. The molecule has 6 heteroatoms. The van der Waals surface area contributed by atoms with Crippen molar-refractivity contribution in [2.45, 2.75) is 38.8 Å². The number of amides is 1. The third-order valence-corrected chi connectivity index (χ3v) is 3.80. The van der Waals surface area contributed by atoms with Crippen LogP contribution in [0.15, 0.2) is 24.3 Å². The smallest absolute Gasteiger partial charge is 0.243 e. The standard InChI is InChI=1S/C15H20FN3OS/c1-10-8-15(2,3)18-14(21)19(10)9-13(20)17-12-6-4-5-11(16)7-12/h4-7,10H,8-9H2,1-3H3,(H,17,20)(H,18,21). The number of nitrogens with zero attached hydrogens (tertiary/aromatic N) is 1. The van der Waals surface area contributed by atoms with Crippen molar-refractivity contribution < 1.29 is 9.18 Å². The van der Waals surface area contributed by atoms with E-state index < -0.39 is 0 Å². The number of carbonyl (C=O) groups is 1. The largest absolute Gasteiger partial charge is 0.358 e. The van der Waals surface area contributed by atoms with E-state index in [4.69, 9.17) is 12.2 Å². The Morgan fingerprint density at radius 3 is 2.90 bits per heavy atom. The molecule has 0 radical (unpaired) electrons. The molecule has 2 rings (SSSR count). The van der Waals surface area contributed by atoms with Crippen molar-refractivity contribution in [1.29, 1.82) is 0 Å². The zero-order valence-electron chi connectivity index (χ0n) is 12.4. The summed E-state index contributed by atoms with van der Waals surface area (Å²) in [6, 6.07) is 6.01. The van der Waals surface area contributed by atoms with Gasteiger partial charge in [0.1, 0.15) is 5.82 Å². The van der Waals surface area contributed by atoms with Gasteiger partial charge in [0.25, 0.3) is 0 Å². The van der Waals surface area contributed by atoms with Gasteiger partial charge in [-0.25, -0.2) is 4.39 Å². The molecule has 1 fully saturated rings. The number of hydrogen-bond acceptors (Lipinski definition) is 2. The van der Waals surface area contributed by atoms with Gasteiger partial charge in [0.2, 0.25) is 5.91 Å². The van der Waals surface area contributed by atoms with Crippen molar-refractivity contribution in [2.24, 2.45) is 0 Å². The van der Waals surface area contributed by atoms with Crippen LogP contribution in [0.1, 0.15) is 27.2 Å². The van der Waals surface area contributed by atoms with E-state index in [2.05, 4.69) is 24.5 Å². The molecule has 2 N–H and O–H groups in total. The Kier molecular flexibility index (Phi) is 4.46. The molecule has 1 saturated heterocycles. The maximum atomic E-state index is 13.1. The van der Waals surface area contributed by atoms with Crippen molar-refractivity contribution in [1.82, 2.24) is 10.2 Å². The molecule has 0 aromatic heterocycles. The summed E-state index contributed by atoms with van der Waals surface area (Å²) in [6.07, 6.45) is 0.889. The number of nitrogens with one attached hydrogen (secondary N) is 2. The molecule has 0 saturated carbocycles. The van der Waals surface area contributed by atoms with E-state index >= 15 is 0 Å². The third kappa shape index (κ3) is 4.14. The zero-order chi connectivity index (χ0) is 15.6. The summed E-state index contributed by atoms with van der Waals surface area (Å²) in [6.45, 7) is 6.36. The topological polar surface area (TPSA) is 44.4 Å². The van der Waals surface area contributed by atoms with Crippen LogP contribution in [0, 0.1) is 5.82 Å². The van der Waals surface area contributed by atoms with E-state index in [1.54, 1.807) is 12.1 Å². The minimum absolute atomic E-state index is 0.0635. The fourth-order valence-corrected chi connectivity index (χ4v) is 3.13. The van der Waals surface area contributed by atoms with Crippen LogP contribution in [0.2, 0.25) is 0 Å². The number of hydrogen-bond donors (Lipinski definition) is 2. The summed E-state index contributed by atoms with van der Waals surface area (Å²) in [5.74, 6) is -0.589. The van der Waals surface area contributed by atoms with Crippen LogP contribution in [0.5, 0.6) is 0 Å². The lowest BCUT2D eigenvalue weighted by molar-refractivity contribution is -0.117. The zero-order valence-corrected chi connectivity index (χ0v) is 13.3. The lowest BCUT2D eigenvalue weighted by Gasteiger charge is -2.44. The highest BCUT2D eigenvalue weighted by Gasteiger charge is 2.33. The first-order chi connectivity index (χ1) is 9.77. The highest BCUT2D eigenvalue weighted by molar-refractivity contribution is 7.80. The maximum absolute atomic E-state index is 13.1. The lowest BCUT2D eigenvalue weighted by Crippen LogP contribution is -2.61. The molecule has 1 aromatic rings. The molecule has 1 unspecified atom stereocenters. The first-order valence-electron chi connectivity index (χ1n) is 6.91. The van der Waals surface area contributed by atoms with Gasteiger partial charge in [-0.05, 0) is 57.6 Å². The minimum Gasteiger partial charge on any atom is -0.358 e. The predicted octanol–water partition coefficient (Wildman–Crippen LogP) is 2.51. The Balaban J connectivity index is 1.98. The Morgan fingerprint density at radius 1 is 1.57 bits per heavy atom. The fraction of sp³-hybridized carbons (Fsp3) is 0.467. The van der Waals surface area contributed by atoms with E-state index in [0.717, 1.165) is 6.42 Å². The van der Waals surface area contributed by atoms with Crippen LogP contribution < -0.4 is 10.6 Å². The first kappa shape index (κ1) is 15.7. The summed E-state index contributed by atoms with van der Waals surface area (Å²) in [4.78, 5) is 13.9. The van der Waals surface area contributed by atoms with Crippen LogP contribution in [-0.2, 0) is 4.79 Å². The minimum atomic E-state index is -0.377. The van der Waals surface area contributed by atoms with Gasteiger partial charge in [-0.3, -0.25) is 4.79 Å². The van der Waals surface area contributed by atoms with Crippen molar-refractivity contribution in [3.05, 3.63) is 30.1 Å². The molecular formula is C15H20FN3OS. The summed E-state index contributed by atoms with van der Waals surface area (Å²) < 4.78 is 13.1. The highest BCUT2D eigenvalue weighted by atomic mass is 32.1. The van der Waals surface area contributed by atoms with Gasteiger partial charge < -0.3 is 15.5 Å². The van der Waals surface area contributed by atoms with Gasteiger partial charge >= 0.3 is 0 Å². The molecule has 1 amide bonds. The Morgan fingerprint density at radius 2 is 2.29 bits per heavy atom. The predicted molar refractivity (Wildman–Crippen MR) is 85.6 cm³/mol. The van der Waals surface area contributed by atoms with Crippen molar-refractivity contribution in [3.8, 4) is 0 Å². The second kappa shape index (κ2) is 5.97. The molecule has 21 heavy (non-hydrogen) atoms. The molecular weight excluding hydrogens is 289 g/mol. The Hall–Kier alpha value is -1.69. The maximum Gasteiger partial charge on any atom is 0.243 e. The van der Waals surface area contributed by atoms with Crippen molar-refractivity contribution >= 4 is 28.9 Å². The summed E-state index contributed by atoms with van der Waals surface area (Å²) >= 11 is 5.33. The summed E-state index contributed by atoms with van der Waals surface area (Å²) in [5.41, 5.74) is 0.385. The fourth-order valence-electron chi connectivity index (χ4n) is 2.61. The van der Waals surface area contributed by atoms with Crippen LogP contribution >= 0.6 is 12.2 Å². The number of halogens is 1. The number of rotatable bonds is 3. The van der Waals surface area contributed by atoms with Crippen LogP contribution in [0.25, 0.3) is 0 Å².